The van der Waals surface area contributed by atoms with Crippen LogP contribution in [-0.4, -0.2) is 41.1 Å². The van der Waals surface area contributed by atoms with Gasteiger partial charge in [-0.05, 0) is 44.7 Å². The molecular weight excluding hydrogens is 312 g/mol. The number of fused-ring (bicyclic) bond motifs is 1. The first-order valence-corrected chi connectivity index (χ1v) is 9.23. The van der Waals surface area contributed by atoms with Crippen LogP contribution in [0.3, 0.4) is 0 Å². The molecule has 4 nitrogen and oxygen atoms in total. The number of rotatable bonds is 2. The van der Waals surface area contributed by atoms with E-state index in [1.165, 1.54) is 5.57 Å². The van der Waals surface area contributed by atoms with Crippen molar-refractivity contribution in [1.29, 1.82) is 0 Å². The van der Waals surface area contributed by atoms with Crippen LogP contribution in [0.25, 0.3) is 10.9 Å². The second kappa shape index (κ2) is 6.34. The molecule has 132 valence electrons. The van der Waals surface area contributed by atoms with E-state index in [0.717, 1.165) is 61.1 Å². The molecule has 0 unspecified atom stereocenters. The highest BCUT2D eigenvalue weighted by atomic mass is 16.5. The number of likely N-dealkylation sites (tertiary alicyclic amines) is 1. The number of piperidine rings is 1. The zero-order chi connectivity index (χ0) is 17.4. The Bertz CT molecular complexity index is 826. The third kappa shape index (κ3) is 3.11. The average Bonchev–Trinajstić information content (AvgIpc) is 2.91. The number of para-hydroxylation sites is 1. The van der Waals surface area contributed by atoms with E-state index in [1.54, 1.807) is 0 Å². The lowest BCUT2D eigenvalue weighted by atomic mass is 9.87. The number of nitrogens with zero attached hydrogens (tertiary/aromatic N) is 1. The Morgan fingerprint density at radius 1 is 1.24 bits per heavy atom. The van der Waals surface area contributed by atoms with Crippen LogP contribution < -0.4 is 0 Å². The predicted octanol–water partition coefficient (Wildman–Crippen LogP) is 3.75. The highest BCUT2D eigenvalue weighted by Crippen LogP contribution is 2.33. The Hall–Kier alpha value is -2.07. The number of hydrogen-bond donors (Lipinski definition) is 1. The second-order valence-corrected chi connectivity index (χ2v) is 7.49. The molecule has 2 aromatic rings. The number of aryl methyl sites for hydroxylation is 1. The number of ether oxygens (including phenoxy) is 1. The maximum Gasteiger partial charge on any atom is 0.227 e. The molecular formula is C21H26N2O2. The number of nitrogens with one attached hydrogen (secondary N) is 1. The van der Waals surface area contributed by atoms with E-state index in [0.29, 0.717) is 6.42 Å². The molecule has 1 fully saturated rings. The van der Waals surface area contributed by atoms with Gasteiger partial charge in [0, 0.05) is 29.7 Å². The summed E-state index contributed by atoms with van der Waals surface area (Å²) >= 11 is 0. The van der Waals surface area contributed by atoms with E-state index in [1.807, 2.05) is 17.0 Å². The van der Waals surface area contributed by atoms with Crippen molar-refractivity contribution in [3.05, 3.63) is 47.2 Å². The lowest BCUT2D eigenvalue weighted by Gasteiger charge is -2.42. The first kappa shape index (κ1) is 16.4. The quantitative estimate of drug-likeness (QED) is 0.848. The minimum absolute atomic E-state index is 0.129. The first-order valence-electron chi connectivity index (χ1n) is 9.23. The molecule has 1 spiro atoms. The van der Waals surface area contributed by atoms with Crippen molar-refractivity contribution in [2.24, 2.45) is 0 Å². The van der Waals surface area contributed by atoms with Crippen LogP contribution in [-0.2, 0) is 16.0 Å². The molecule has 1 amide bonds. The van der Waals surface area contributed by atoms with Crippen LogP contribution in [0.4, 0.5) is 0 Å². The molecule has 0 aliphatic carbocycles. The van der Waals surface area contributed by atoms with Gasteiger partial charge in [-0.1, -0.05) is 29.8 Å². The summed E-state index contributed by atoms with van der Waals surface area (Å²) in [5.41, 5.74) is 4.62. The highest BCUT2D eigenvalue weighted by Gasteiger charge is 2.36. The molecule has 25 heavy (non-hydrogen) atoms. The van der Waals surface area contributed by atoms with Gasteiger partial charge in [-0.15, -0.1) is 0 Å². The zero-order valence-electron chi connectivity index (χ0n) is 15.1. The summed E-state index contributed by atoms with van der Waals surface area (Å²) in [4.78, 5) is 18.2. The van der Waals surface area contributed by atoms with E-state index in [9.17, 15) is 4.79 Å². The van der Waals surface area contributed by atoms with Gasteiger partial charge in [0.1, 0.15) is 0 Å². The Balaban J connectivity index is 1.46. The molecule has 0 saturated carbocycles. The number of aromatic amines is 1. The van der Waals surface area contributed by atoms with E-state index in [4.69, 9.17) is 4.74 Å². The molecule has 0 atom stereocenters. The van der Waals surface area contributed by atoms with Gasteiger partial charge in [0.05, 0.1) is 18.6 Å². The minimum atomic E-state index is -0.129. The summed E-state index contributed by atoms with van der Waals surface area (Å²) in [6.45, 7) is 6.61. The van der Waals surface area contributed by atoms with Crippen molar-refractivity contribution >= 4 is 16.8 Å². The number of aromatic nitrogens is 1. The summed E-state index contributed by atoms with van der Waals surface area (Å²) in [5.74, 6) is 0.221. The van der Waals surface area contributed by atoms with Gasteiger partial charge in [0.25, 0.3) is 0 Å². The SMILES string of the molecule is CC1=CC2(CCN(C(=O)Cc3c(C)[nH]c4ccccc34)CC2)OCC1. The zero-order valence-corrected chi connectivity index (χ0v) is 15.1. The minimum Gasteiger partial charge on any atom is -0.370 e. The third-order valence-electron chi connectivity index (χ3n) is 5.71. The lowest BCUT2D eigenvalue weighted by molar-refractivity contribution is -0.135. The first-order chi connectivity index (χ1) is 12.1. The van der Waals surface area contributed by atoms with Crippen LogP contribution >= 0.6 is 0 Å². The summed E-state index contributed by atoms with van der Waals surface area (Å²) in [6.07, 6.45) is 5.61. The maximum atomic E-state index is 12.9. The fraction of sp³-hybridized carbons (Fsp3) is 0.476. The third-order valence-corrected chi connectivity index (χ3v) is 5.71. The molecule has 0 radical (unpaired) electrons. The largest absolute Gasteiger partial charge is 0.370 e. The topological polar surface area (TPSA) is 45.3 Å². The standard InChI is InChI=1S/C21H26N2O2/c1-15-7-12-25-21(14-15)8-10-23(11-9-21)20(24)13-18-16(2)22-19-6-4-3-5-17(18)19/h3-6,14,22H,7-13H2,1-2H3. The Labute approximate surface area is 148 Å². The molecule has 1 saturated heterocycles. The average molecular weight is 338 g/mol. The molecule has 2 aliphatic heterocycles. The van der Waals surface area contributed by atoms with Crippen molar-refractivity contribution in [3.63, 3.8) is 0 Å². The van der Waals surface area contributed by atoms with Crippen molar-refractivity contribution in [3.8, 4) is 0 Å². The Kier molecular flexibility index (Phi) is 4.16. The molecule has 1 N–H and O–H groups in total. The van der Waals surface area contributed by atoms with E-state index in [-0.39, 0.29) is 11.5 Å². The van der Waals surface area contributed by atoms with Crippen LogP contribution in [0.15, 0.2) is 35.9 Å². The Morgan fingerprint density at radius 3 is 2.76 bits per heavy atom. The normalized spacial score (nSPS) is 20.1. The van der Waals surface area contributed by atoms with Gasteiger partial charge in [-0.25, -0.2) is 0 Å². The lowest BCUT2D eigenvalue weighted by Crippen LogP contribution is -2.48. The second-order valence-electron chi connectivity index (χ2n) is 7.49. The summed E-state index contributed by atoms with van der Waals surface area (Å²) in [7, 11) is 0. The fourth-order valence-corrected chi connectivity index (χ4v) is 4.23. The maximum absolute atomic E-state index is 12.9. The predicted molar refractivity (Wildman–Crippen MR) is 99.6 cm³/mol. The molecule has 1 aromatic carbocycles. The monoisotopic (exact) mass is 338 g/mol. The van der Waals surface area contributed by atoms with Crippen LogP contribution in [0.1, 0.15) is 37.4 Å². The number of benzene rings is 1. The van der Waals surface area contributed by atoms with Crippen LogP contribution in [0.2, 0.25) is 0 Å². The van der Waals surface area contributed by atoms with Crippen molar-refractivity contribution < 1.29 is 9.53 Å². The van der Waals surface area contributed by atoms with E-state index >= 15 is 0 Å². The highest BCUT2D eigenvalue weighted by molar-refractivity contribution is 5.90. The van der Waals surface area contributed by atoms with Crippen LogP contribution in [0.5, 0.6) is 0 Å². The molecule has 1 aromatic heterocycles. The fourth-order valence-electron chi connectivity index (χ4n) is 4.23. The van der Waals surface area contributed by atoms with Crippen molar-refractivity contribution in [2.45, 2.75) is 45.1 Å². The summed E-state index contributed by atoms with van der Waals surface area (Å²) < 4.78 is 6.07. The van der Waals surface area contributed by atoms with Gasteiger partial charge in [0.2, 0.25) is 5.91 Å². The van der Waals surface area contributed by atoms with Gasteiger partial charge in [-0.2, -0.15) is 0 Å². The molecule has 3 heterocycles. The number of hydrogen-bond acceptors (Lipinski definition) is 2. The number of H-pyrrole nitrogens is 1. The van der Waals surface area contributed by atoms with Gasteiger partial charge in [-0.3, -0.25) is 4.79 Å². The van der Waals surface area contributed by atoms with E-state index in [2.05, 4.69) is 37.0 Å². The summed E-state index contributed by atoms with van der Waals surface area (Å²) in [6, 6.07) is 8.21. The molecule has 4 heteroatoms. The van der Waals surface area contributed by atoms with Crippen molar-refractivity contribution in [2.75, 3.05) is 19.7 Å². The van der Waals surface area contributed by atoms with Gasteiger partial charge >= 0.3 is 0 Å². The van der Waals surface area contributed by atoms with Gasteiger partial charge in [0.15, 0.2) is 0 Å². The smallest absolute Gasteiger partial charge is 0.227 e. The Morgan fingerprint density at radius 2 is 2.00 bits per heavy atom. The number of carbonyl (C=O) groups excluding carboxylic acids is 1. The number of amides is 1. The van der Waals surface area contributed by atoms with Gasteiger partial charge < -0.3 is 14.6 Å². The van der Waals surface area contributed by atoms with Crippen molar-refractivity contribution in [1.82, 2.24) is 9.88 Å². The van der Waals surface area contributed by atoms with E-state index < -0.39 is 0 Å². The van der Waals surface area contributed by atoms with Crippen LogP contribution in [0, 0.1) is 6.92 Å². The summed E-state index contributed by atoms with van der Waals surface area (Å²) in [5, 5.41) is 1.16. The molecule has 4 rings (SSSR count). The molecule has 2 aliphatic rings. The number of carbonyl (C=O) groups is 1. The molecule has 0 bridgehead atoms.